The number of hydrogen-bond donors (Lipinski definition) is 1. The molecule has 1 saturated heterocycles. The third kappa shape index (κ3) is 4.28. The fourth-order valence-electron chi connectivity index (χ4n) is 2.83. The molecule has 19 heavy (non-hydrogen) atoms. The van der Waals surface area contributed by atoms with Crippen LogP contribution >= 0.6 is 15.9 Å². The van der Waals surface area contributed by atoms with Crippen LogP contribution in [-0.2, 0) is 11.3 Å². The molecule has 1 aliphatic heterocycles. The predicted molar refractivity (Wildman–Crippen MR) is 82.0 cm³/mol. The molecule has 0 saturated carbocycles. The number of ether oxygens (including phenoxy) is 1. The normalized spacial score (nSPS) is 18.7. The fourth-order valence-corrected chi connectivity index (χ4v) is 3.09. The minimum Gasteiger partial charge on any atom is -0.381 e. The van der Waals surface area contributed by atoms with Crippen molar-refractivity contribution in [1.82, 2.24) is 4.90 Å². The Labute approximate surface area is 124 Å². The molecule has 4 heteroatoms. The molecule has 1 aromatic rings. The summed E-state index contributed by atoms with van der Waals surface area (Å²) in [5, 5.41) is 0. The molecule has 0 aromatic heterocycles. The van der Waals surface area contributed by atoms with Gasteiger partial charge in [-0.25, -0.2) is 0 Å². The zero-order chi connectivity index (χ0) is 13.7. The van der Waals surface area contributed by atoms with Gasteiger partial charge in [0, 0.05) is 36.8 Å². The highest BCUT2D eigenvalue weighted by atomic mass is 79.9. The first-order valence-corrected chi connectivity index (χ1v) is 7.72. The van der Waals surface area contributed by atoms with E-state index in [9.17, 15) is 0 Å². The quantitative estimate of drug-likeness (QED) is 0.904. The summed E-state index contributed by atoms with van der Waals surface area (Å²) < 4.78 is 6.56. The van der Waals surface area contributed by atoms with Crippen LogP contribution in [0.2, 0.25) is 0 Å². The lowest BCUT2D eigenvalue weighted by Crippen LogP contribution is -2.44. The van der Waals surface area contributed by atoms with E-state index in [1.807, 2.05) is 0 Å². The van der Waals surface area contributed by atoms with Crippen molar-refractivity contribution in [2.45, 2.75) is 25.4 Å². The van der Waals surface area contributed by atoms with Gasteiger partial charge in [0.15, 0.2) is 0 Å². The van der Waals surface area contributed by atoms with Crippen LogP contribution < -0.4 is 5.73 Å². The molecule has 1 heterocycles. The summed E-state index contributed by atoms with van der Waals surface area (Å²) in [6.45, 7) is 3.44. The first-order chi connectivity index (χ1) is 9.20. The Bertz CT molecular complexity index is 376. The summed E-state index contributed by atoms with van der Waals surface area (Å²) in [4.78, 5) is 2.39. The van der Waals surface area contributed by atoms with Crippen molar-refractivity contribution in [3.8, 4) is 0 Å². The van der Waals surface area contributed by atoms with E-state index in [4.69, 9.17) is 10.5 Å². The smallest absolute Gasteiger partial charge is 0.0469 e. The van der Waals surface area contributed by atoms with Gasteiger partial charge in [0.2, 0.25) is 0 Å². The summed E-state index contributed by atoms with van der Waals surface area (Å²) in [5.41, 5.74) is 7.32. The van der Waals surface area contributed by atoms with Gasteiger partial charge in [0.05, 0.1) is 0 Å². The van der Waals surface area contributed by atoms with Crippen molar-refractivity contribution in [3.63, 3.8) is 0 Å². The van der Waals surface area contributed by atoms with Gasteiger partial charge in [-0.05, 0) is 43.5 Å². The molecular weight excluding hydrogens is 304 g/mol. The van der Waals surface area contributed by atoms with E-state index in [0.717, 1.165) is 43.6 Å². The van der Waals surface area contributed by atoms with Crippen LogP contribution in [0, 0.1) is 5.92 Å². The molecule has 1 unspecified atom stereocenters. The maximum absolute atomic E-state index is 5.99. The zero-order valence-electron chi connectivity index (χ0n) is 11.5. The van der Waals surface area contributed by atoms with Crippen LogP contribution in [0.5, 0.6) is 0 Å². The SMILES string of the molecule is CN(Cc1ccc(Br)cc1)C(CN)C1CCOCC1. The molecule has 1 aliphatic rings. The van der Waals surface area contributed by atoms with Gasteiger partial charge >= 0.3 is 0 Å². The van der Waals surface area contributed by atoms with Crippen LogP contribution in [0.1, 0.15) is 18.4 Å². The monoisotopic (exact) mass is 326 g/mol. The molecule has 0 radical (unpaired) electrons. The first kappa shape index (κ1) is 15.0. The lowest BCUT2D eigenvalue weighted by molar-refractivity contribution is 0.0321. The number of likely N-dealkylation sites (N-methyl/N-ethyl adjacent to an activating group) is 1. The molecular formula is C15H23BrN2O. The van der Waals surface area contributed by atoms with E-state index in [1.165, 1.54) is 5.56 Å². The van der Waals surface area contributed by atoms with Gasteiger partial charge in [-0.2, -0.15) is 0 Å². The highest BCUT2D eigenvalue weighted by Crippen LogP contribution is 2.23. The summed E-state index contributed by atoms with van der Waals surface area (Å²) in [5.74, 6) is 0.666. The van der Waals surface area contributed by atoms with Crippen LogP contribution in [0.25, 0.3) is 0 Å². The molecule has 106 valence electrons. The van der Waals surface area contributed by atoms with E-state index in [-0.39, 0.29) is 0 Å². The summed E-state index contributed by atoms with van der Waals surface area (Å²) in [7, 11) is 2.18. The molecule has 2 N–H and O–H groups in total. The Morgan fingerprint density at radius 1 is 1.32 bits per heavy atom. The molecule has 0 amide bonds. The summed E-state index contributed by atoms with van der Waals surface area (Å²) in [6, 6.07) is 8.97. The van der Waals surface area contributed by atoms with Crippen LogP contribution in [0.15, 0.2) is 28.7 Å². The van der Waals surface area contributed by atoms with E-state index in [0.29, 0.717) is 12.0 Å². The van der Waals surface area contributed by atoms with Crippen molar-refractivity contribution in [2.24, 2.45) is 11.7 Å². The van der Waals surface area contributed by atoms with Crippen LogP contribution in [0.3, 0.4) is 0 Å². The average molecular weight is 327 g/mol. The first-order valence-electron chi connectivity index (χ1n) is 6.93. The third-order valence-corrected chi connectivity index (χ3v) is 4.49. The van der Waals surface area contributed by atoms with Crippen molar-refractivity contribution in [2.75, 3.05) is 26.8 Å². The second-order valence-electron chi connectivity index (χ2n) is 5.29. The Hall–Kier alpha value is -0.420. The second-order valence-corrected chi connectivity index (χ2v) is 6.21. The molecule has 0 spiro atoms. The van der Waals surface area contributed by atoms with Gasteiger partial charge < -0.3 is 10.5 Å². The molecule has 0 aliphatic carbocycles. The lowest BCUT2D eigenvalue weighted by atomic mass is 9.90. The molecule has 1 fully saturated rings. The number of nitrogens with two attached hydrogens (primary N) is 1. The standard InChI is InChI=1S/C15H23BrN2O/c1-18(11-12-2-4-14(16)5-3-12)15(10-17)13-6-8-19-9-7-13/h2-5,13,15H,6-11,17H2,1H3. The molecule has 2 rings (SSSR count). The van der Waals surface area contributed by atoms with Gasteiger partial charge in [0.25, 0.3) is 0 Å². The van der Waals surface area contributed by atoms with Crippen molar-refractivity contribution >= 4 is 15.9 Å². The van der Waals surface area contributed by atoms with Gasteiger partial charge in [0.1, 0.15) is 0 Å². The number of benzene rings is 1. The maximum atomic E-state index is 5.99. The molecule has 3 nitrogen and oxygen atoms in total. The number of halogens is 1. The fraction of sp³-hybridized carbons (Fsp3) is 0.600. The number of nitrogens with zero attached hydrogens (tertiary/aromatic N) is 1. The second kappa shape index (κ2) is 7.39. The van der Waals surface area contributed by atoms with E-state index in [2.05, 4.69) is 52.1 Å². The largest absolute Gasteiger partial charge is 0.381 e. The van der Waals surface area contributed by atoms with Crippen LogP contribution in [0.4, 0.5) is 0 Å². The van der Waals surface area contributed by atoms with Crippen molar-refractivity contribution < 1.29 is 4.74 Å². The minimum atomic E-state index is 0.451. The Morgan fingerprint density at radius 3 is 2.53 bits per heavy atom. The highest BCUT2D eigenvalue weighted by molar-refractivity contribution is 9.10. The minimum absolute atomic E-state index is 0.451. The number of hydrogen-bond acceptors (Lipinski definition) is 3. The topological polar surface area (TPSA) is 38.5 Å². The summed E-state index contributed by atoms with van der Waals surface area (Å²) in [6.07, 6.45) is 2.26. The third-order valence-electron chi connectivity index (χ3n) is 3.96. The van der Waals surface area contributed by atoms with Crippen molar-refractivity contribution in [1.29, 1.82) is 0 Å². The predicted octanol–water partition coefficient (Wildman–Crippen LogP) is 2.63. The van der Waals surface area contributed by atoms with Gasteiger partial charge in [-0.1, -0.05) is 28.1 Å². The zero-order valence-corrected chi connectivity index (χ0v) is 13.1. The highest BCUT2D eigenvalue weighted by Gasteiger charge is 2.26. The molecule has 1 atom stereocenters. The Kier molecular flexibility index (Phi) is 5.82. The van der Waals surface area contributed by atoms with E-state index >= 15 is 0 Å². The van der Waals surface area contributed by atoms with Gasteiger partial charge in [-0.3, -0.25) is 4.90 Å². The lowest BCUT2D eigenvalue weighted by Gasteiger charge is -2.36. The van der Waals surface area contributed by atoms with E-state index < -0.39 is 0 Å². The number of rotatable bonds is 5. The maximum Gasteiger partial charge on any atom is 0.0469 e. The van der Waals surface area contributed by atoms with Crippen molar-refractivity contribution in [3.05, 3.63) is 34.3 Å². The molecule has 0 bridgehead atoms. The Morgan fingerprint density at radius 2 is 1.95 bits per heavy atom. The Balaban J connectivity index is 1.95. The average Bonchev–Trinajstić information content (AvgIpc) is 2.43. The van der Waals surface area contributed by atoms with E-state index in [1.54, 1.807) is 0 Å². The van der Waals surface area contributed by atoms with Gasteiger partial charge in [-0.15, -0.1) is 0 Å². The summed E-state index contributed by atoms with van der Waals surface area (Å²) >= 11 is 3.47. The molecule has 1 aromatic carbocycles. The van der Waals surface area contributed by atoms with Crippen LogP contribution in [-0.4, -0.2) is 37.7 Å².